The number of likely N-dealkylation sites (N-methyl/N-ethyl adjacent to an activating group) is 1. The van der Waals surface area contributed by atoms with Crippen molar-refractivity contribution in [3.8, 4) is 0 Å². The Morgan fingerprint density at radius 3 is 2.42 bits per heavy atom. The second kappa shape index (κ2) is 8.02. The number of sulfone groups is 1. The summed E-state index contributed by atoms with van der Waals surface area (Å²) in [5.74, 6) is 0.273. The second-order valence-corrected chi connectivity index (χ2v) is 8.03. The molecule has 0 heterocycles. The number of benzene rings is 1. The van der Waals surface area contributed by atoms with Gasteiger partial charge in [0.25, 0.3) is 0 Å². The molecule has 0 aliphatic heterocycles. The average Bonchev–Trinajstić information content (AvgIpc) is 2.30. The predicted molar refractivity (Wildman–Crippen MR) is 84.3 cm³/mol. The van der Waals surface area contributed by atoms with Gasteiger partial charge in [0.1, 0.15) is 9.84 Å². The molecule has 5 heteroatoms. The SMILES string of the molecule is CCNC(CCCS(C)(=O)=O)Cc1ccc(Br)cc1. The largest absolute Gasteiger partial charge is 0.314 e. The minimum absolute atomic E-state index is 0.273. The van der Waals surface area contributed by atoms with E-state index >= 15 is 0 Å². The quantitative estimate of drug-likeness (QED) is 0.786. The number of hydrogen-bond acceptors (Lipinski definition) is 3. The van der Waals surface area contributed by atoms with E-state index in [-0.39, 0.29) is 5.75 Å². The standard InChI is InChI=1S/C14H22BrNO2S/c1-3-16-14(5-4-10-19(2,17)18)11-12-6-8-13(15)9-7-12/h6-9,14,16H,3-5,10-11H2,1-2H3. The number of rotatable bonds is 8. The first-order valence-electron chi connectivity index (χ1n) is 6.56. The van der Waals surface area contributed by atoms with Crippen molar-refractivity contribution >= 4 is 25.8 Å². The van der Waals surface area contributed by atoms with Crippen LogP contribution in [-0.2, 0) is 16.3 Å². The van der Waals surface area contributed by atoms with E-state index in [1.807, 2.05) is 12.1 Å². The topological polar surface area (TPSA) is 46.2 Å². The van der Waals surface area contributed by atoms with Gasteiger partial charge in [-0.15, -0.1) is 0 Å². The molecule has 0 saturated heterocycles. The normalized spacial score (nSPS) is 13.4. The van der Waals surface area contributed by atoms with Crippen molar-refractivity contribution in [1.29, 1.82) is 0 Å². The fraction of sp³-hybridized carbons (Fsp3) is 0.571. The van der Waals surface area contributed by atoms with E-state index in [9.17, 15) is 8.42 Å². The van der Waals surface area contributed by atoms with Gasteiger partial charge in [0.15, 0.2) is 0 Å². The van der Waals surface area contributed by atoms with Crippen molar-refractivity contribution in [2.24, 2.45) is 0 Å². The lowest BCUT2D eigenvalue weighted by Gasteiger charge is -2.17. The molecule has 0 radical (unpaired) electrons. The first-order valence-corrected chi connectivity index (χ1v) is 9.41. The van der Waals surface area contributed by atoms with E-state index in [0.717, 1.165) is 23.9 Å². The van der Waals surface area contributed by atoms with E-state index < -0.39 is 9.84 Å². The average molecular weight is 348 g/mol. The van der Waals surface area contributed by atoms with Crippen LogP contribution in [0.1, 0.15) is 25.3 Å². The van der Waals surface area contributed by atoms with Crippen LogP contribution in [0.25, 0.3) is 0 Å². The van der Waals surface area contributed by atoms with Gasteiger partial charge >= 0.3 is 0 Å². The van der Waals surface area contributed by atoms with Crippen LogP contribution in [0.2, 0.25) is 0 Å². The van der Waals surface area contributed by atoms with Crippen molar-refractivity contribution in [3.05, 3.63) is 34.3 Å². The van der Waals surface area contributed by atoms with Crippen molar-refractivity contribution < 1.29 is 8.42 Å². The molecular weight excluding hydrogens is 326 g/mol. The van der Waals surface area contributed by atoms with Crippen LogP contribution >= 0.6 is 15.9 Å². The van der Waals surface area contributed by atoms with Gasteiger partial charge in [-0.3, -0.25) is 0 Å². The Hall–Kier alpha value is -0.390. The van der Waals surface area contributed by atoms with Gasteiger partial charge in [0, 0.05) is 22.5 Å². The lowest BCUT2D eigenvalue weighted by molar-refractivity contribution is 0.484. The van der Waals surface area contributed by atoms with Gasteiger partial charge in [-0.1, -0.05) is 35.0 Å². The summed E-state index contributed by atoms with van der Waals surface area (Å²) in [5, 5.41) is 3.43. The molecule has 0 amide bonds. The van der Waals surface area contributed by atoms with E-state index in [1.165, 1.54) is 11.8 Å². The monoisotopic (exact) mass is 347 g/mol. The highest BCUT2D eigenvalue weighted by Crippen LogP contribution is 2.13. The summed E-state index contributed by atoms with van der Waals surface area (Å²) in [7, 11) is -2.85. The molecular formula is C14H22BrNO2S. The van der Waals surface area contributed by atoms with Crippen LogP contribution in [-0.4, -0.2) is 33.0 Å². The third kappa shape index (κ3) is 7.70. The van der Waals surface area contributed by atoms with Crippen LogP contribution in [0.3, 0.4) is 0 Å². The molecule has 19 heavy (non-hydrogen) atoms. The summed E-state index contributed by atoms with van der Waals surface area (Å²) in [6.07, 6.45) is 3.83. The van der Waals surface area contributed by atoms with Crippen LogP contribution in [0, 0.1) is 0 Å². The number of nitrogens with one attached hydrogen (secondary N) is 1. The van der Waals surface area contributed by atoms with Gasteiger partial charge in [-0.05, 0) is 43.5 Å². The summed E-state index contributed by atoms with van der Waals surface area (Å²) in [6, 6.07) is 8.62. The zero-order valence-corrected chi connectivity index (χ0v) is 13.9. The summed E-state index contributed by atoms with van der Waals surface area (Å²) in [4.78, 5) is 0. The van der Waals surface area contributed by atoms with Gasteiger partial charge in [0.05, 0.1) is 0 Å². The molecule has 1 aromatic carbocycles. The third-order valence-electron chi connectivity index (χ3n) is 2.96. The molecule has 0 bridgehead atoms. The molecule has 0 fully saturated rings. The van der Waals surface area contributed by atoms with Crippen LogP contribution in [0.15, 0.2) is 28.7 Å². The van der Waals surface area contributed by atoms with Gasteiger partial charge < -0.3 is 5.32 Å². The Morgan fingerprint density at radius 2 is 1.89 bits per heavy atom. The maximum absolute atomic E-state index is 11.1. The smallest absolute Gasteiger partial charge is 0.147 e. The van der Waals surface area contributed by atoms with E-state index in [0.29, 0.717) is 12.5 Å². The summed E-state index contributed by atoms with van der Waals surface area (Å²) < 4.78 is 23.4. The first kappa shape index (κ1) is 16.7. The second-order valence-electron chi connectivity index (χ2n) is 4.86. The number of halogens is 1. The van der Waals surface area contributed by atoms with Crippen LogP contribution < -0.4 is 5.32 Å². The third-order valence-corrected chi connectivity index (χ3v) is 4.51. The Morgan fingerprint density at radius 1 is 1.26 bits per heavy atom. The highest BCUT2D eigenvalue weighted by molar-refractivity contribution is 9.10. The minimum atomic E-state index is -2.85. The lowest BCUT2D eigenvalue weighted by atomic mass is 10.0. The molecule has 3 nitrogen and oxygen atoms in total. The lowest BCUT2D eigenvalue weighted by Crippen LogP contribution is -2.31. The Kier molecular flexibility index (Phi) is 7.04. The Bertz CT molecular complexity index is 471. The fourth-order valence-corrected chi connectivity index (χ4v) is 3.02. The molecule has 108 valence electrons. The highest BCUT2D eigenvalue weighted by Gasteiger charge is 2.10. The highest BCUT2D eigenvalue weighted by atomic mass is 79.9. The molecule has 1 N–H and O–H groups in total. The zero-order chi connectivity index (χ0) is 14.3. The molecule has 1 aromatic rings. The van der Waals surface area contributed by atoms with Crippen LogP contribution in [0.4, 0.5) is 0 Å². The van der Waals surface area contributed by atoms with Crippen molar-refractivity contribution in [1.82, 2.24) is 5.32 Å². The van der Waals surface area contributed by atoms with Crippen molar-refractivity contribution in [2.75, 3.05) is 18.6 Å². The fourth-order valence-electron chi connectivity index (χ4n) is 2.06. The molecule has 0 aliphatic rings. The van der Waals surface area contributed by atoms with Crippen molar-refractivity contribution in [3.63, 3.8) is 0 Å². The first-order chi connectivity index (χ1) is 8.90. The zero-order valence-electron chi connectivity index (χ0n) is 11.5. The minimum Gasteiger partial charge on any atom is -0.314 e. The van der Waals surface area contributed by atoms with Gasteiger partial charge in [-0.2, -0.15) is 0 Å². The molecule has 1 atom stereocenters. The van der Waals surface area contributed by atoms with E-state index in [2.05, 4.69) is 40.3 Å². The number of hydrogen-bond donors (Lipinski definition) is 1. The molecule has 0 spiro atoms. The van der Waals surface area contributed by atoms with Gasteiger partial charge in [-0.25, -0.2) is 8.42 Å². The molecule has 1 rings (SSSR count). The van der Waals surface area contributed by atoms with Crippen LogP contribution in [0.5, 0.6) is 0 Å². The Labute approximate surface area is 124 Å². The van der Waals surface area contributed by atoms with E-state index in [1.54, 1.807) is 0 Å². The molecule has 0 aromatic heterocycles. The maximum Gasteiger partial charge on any atom is 0.147 e. The molecule has 0 saturated carbocycles. The molecule has 0 aliphatic carbocycles. The van der Waals surface area contributed by atoms with Crippen molar-refractivity contribution in [2.45, 2.75) is 32.2 Å². The maximum atomic E-state index is 11.1. The van der Waals surface area contributed by atoms with Gasteiger partial charge in [0.2, 0.25) is 0 Å². The Balaban J connectivity index is 2.50. The summed E-state index contributed by atoms with van der Waals surface area (Å²) >= 11 is 3.42. The summed E-state index contributed by atoms with van der Waals surface area (Å²) in [5.41, 5.74) is 1.27. The molecule has 1 unspecified atom stereocenters. The predicted octanol–water partition coefficient (Wildman–Crippen LogP) is 2.79. The summed E-state index contributed by atoms with van der Waals surface area (Å²) in [6.45, 7) is 2.98. The van der Waals surface area contributed by atoms with E-state index in [4.69, 9.17) is 0 Å².